The van der Waals surface area contributed by atoms with Crippen molar-refractivity contribution in [1.29, 1.82) is 0 Å². The van der Waals surface area contributed by atoms with Crippen molar-refractivity contribution in [3.8, 4) is 0 Å². The first-order chi connectivity index (χ1) is 32.6. The van der Waals surface area contributed by atoms with Gasteiger partial charge in [-0.15, -0.1) is 0 Å². The van der Waals surface area contributed by atoms with E-state index in [4.69, 9.17) is 0 Å². The minimum Gasteiger partial charge on any atom is -0.368 e. The molecule has 3 aliphatic heterocycles. The summed E-state index contributed by atoms with van der Waals surface area (Å²) in [5.41, 5.74) is 7.30. The number of rotatable bonds is 16. The number of amides is 6. The number of anilines is 2. The van der Waals surface area contributed by atoms with Gasteiger partial charge in [-0.2, -0.15) is 0 Å². The highest BCUT2D eigenvalue weighted by Crippen LogP contribution is 2.39. The van der Waals surface area contributed by atoms with E-state index in [1.165, 1.54) is 22.5 Å². The number of likely N-dealkylation sites (N-methyl/N-ethyl adjacent to an activating group) is 2. The first-order valence-electron chi connectivity index (χ1n) is 25.5. The lowest BCUT2D eigenvalue weighted by atomic mass is 9.85. The Morgan fingerprint density at radius 2 is 0.897 bits per heavy atom. The molecule has 0 saturated carbocycles. The summed E-state index contributed by atoms with van der Waals surface area (Å²) in [6, 6.07) is 9.15. The average molecular weight is 939 g/mol. The molecule has 372 valence electrons. The molecular formula is C52H78N10O6. The molecule has 7 rings (SSSR count). The summed E-state index contributed by atoms with van der Waals surface area (Å²) >= 11 is 0. The molecule has 0 spiro atoms. The van der Waals surface area contributed by atoms with Gasteiger partial charge in [-0.1, -0.05) is 52.0 Å². The van der Waals surface area contributed by atoms with Crippen molar-refractivity contribution in [2.45, 2.75) is 154 Å². The maximum Gasteiger partial charge on any atom is 0.246 e. The molecule has 0 radical (unpaired) electrons. The Hall–Kier alpha value is -5.22. The summed E-state index contributed by atoms with van der Waals surface area (Å²) in [5.74, 6) is -1.43. The molecule has 2 aromatic carbocycles. The summed E-state index contributed by atoms with van der Waals surface area (Å²) in [6.45, 7) is 15.5. The Labute approximate surface area is 403 Å². The fourth-order valence-corrected chi connectivity index (χ4v) is 11.1. The van der Waals surface area contributed by atoms with Gasteiger partial charge in [0.05, 0.1) is 24.2 Å². The quantitative estimate of drug-likeness (QED) is 0.146. The van der Waals surface area contributed by atoms with Crippen LogP contribution in [0.4, 0.5) is 11.4 Å². The number of hydrogen-bond acceptors (Lipinski definition) is 10. The molecule has 3 saturated heterocycles. The standard InChI is InChI=1S/C52H78N10O6/c1-31(2)45(57-47(63)33(5)53-7)51(67)61-25-13-23-43(61)49(65)55-39-19-9-17-37-35(39)15-11-21-41(37)59-27-29-60(30-28-59)42-22-12-16-36-38(42)18-10-20-40(36)56-50(66)44-24-14-26-62(44)52(68)46(32(3)4)58-48(64)34(6)54-8/h11-12,15-16,21-22,31-34,39-40,43-46,53-54H,9-10,13-14,17-20,23-30H2,1-8H3,(H,55,65)(H,56,66)(H,57,63)(H,58,64)/t33-,34-,39+,40+,43-,44?,45-,46-/m0/s1. The summed E-state index contributed by atoms with van der Waals surface area (Å²) in [6.07, 6.45) is 8.07. The smallest absolute Gasteiger partial charge is 0.246 e. The molecule has 8 atom stereocenters. The number of piperazine rings is 1. The largest absolute Gasteiger partial charge is 0.368 e. The molecule has 6 amide bonds. The molecule has 3 heterocycles. The van der Waals surface area contributed by atoms with Gasteiger partial charge in [0.25, 0.3) is 0 Å². The van der Waals surface area contributed by atoms with Gasteiger partial charge in [0.15, 0.2) is 0 Å². The van der Waals surface area contributed by atoms with Crippen LogP contribution < -0.4 is 41.7 Å². The number of hydrogen-bond donors (Lipinski definition) is 6. The minimum atomic E-state index is -0.713. The first kappa shape index (κ1) is 50.7. The van der Waals surface area contributed by atoms with Crippen LogP contribution in [0, 0.1) is 11.8 Å². The fraction of sp³-hybridized carbons (Fsp3) is 0.654. The van der Waals surface area contributed by atoms with E-state index in [9.17, 15) is 28.8 Å². The van der Waals surface area contributed by atoms with Gasteiger partial charge < -0.3 is 51.5 Å². The molecule has 0 aromatic heterocycles. The van der Waals surface area contributed by atoms with Crippen LogP contribution in [-0.2, 0) is 41.6 Å². The number of likely N-dealkylation sites (tertiary alicyclic amines) is 2. The van der Waals surface area contributed by atoms with Crippen molar-refractivity contribution in [3.05, 3.63) is 58.7 Å². The first-order valence-corrected chi connectivity index (χ1v) is 25.5. The van der Waals surface area contributed by atoms with Gasteiger partial charge in [0.2, 0.25) is 35.4 Å². The normalized spacial score (nSPS) is 23.3. The van der Waals surface area contributed by atoms with Crippen molar-refractivity contribution in [3.63, 3.8) is 0 Å². The van der Waals surface area contributed by atoms with Crippen LogP contribution >= 0.6 is 0 Å². The molecule has 6 N–H and O–H groups in total. The van der Waals surface area contributed by atoms with E-state index in [1.54, 1.807) is 37.7 Å². The molecule has 16 heteroatoms. The van der Waals surface area contributed by atoms with Crippen LogP contribution in [0.1, 0.15) is 127 Å². The molecule has 68 heavy (non-hydrogen) atoms. The Bertz CT molecular complexity index is 2010. The maximum absolute atomic E-state index is 14.1. The zero-order valence-corrected chi connectivity index (χ0v) is 41.8. The number of benzene rings is 2. The van der Waals surface area contributed by atoms with E-state index >= 15 is 0 Å². The lowest BCUT2D eigenvalue weighted by molar-refractivity contribution is -0.142. The summed E-state index contributed by atoms with van der Waals surface area (Å²) in [7, 11) is 3.42. The topological polar surface area (TPSA) is 188 Å². The van der Waals surface area contributed by atoms with Gasteiger partial charge in [0.1, 0.15) is 24.2 Å². The third kappa shape index (κ3) is 11.0. The Balaban J connectivity index is 0.981. The SMILES string of the molecule is CN[C@@H](C)C(=O)N[C@H](C(=O)N1CCCC1C(=O)N[C@@H]1CCCc2c1cccc2N1CCN(c2cccc3c2CCC[C@H]3NC(=O)[C@@H]2CCCN2C(=O)[C@@H](NC(=O)[C@H](C)NC)C(C)C)CC1)C(C)C. The van der Waals surface area contributed by atoms with E-state index in [1.807, 2.05) is 27.7 Å². The average Bonchev–Trinajstić information content (AvgIpc) is 4.05. The van der Waals surface area contributed by atoms with E-state index in [0.29, 0.717) is 25.9 Å². The number of nitrogens with zero attached hydrogens (tertiary/aromatic N) is 4. The third-order valence-corrected chi connectivity index (χ3v) is 15.3. The fourth-order valence-electron chi connectivity index (χ4n) is 11.1. The second kappa shape index (κ2) is 22.5. The van der Waals surface area contributed by atoms with Crippen molar-refractivity contribution < 1.29 is 28.8 Å². The number of fused-ring (bicyclic) bond motifs is 2. The molecule has 1 unspecified atom stereocenters. The van der Waals surface area contributed by atoms with Crippen LogP contribution in [0.3, 0.4) is 0 Å². The highest BCUT2D eigenvalue weighted by Gasteiger charge is 2.42. The predicted molar refractivity (Wildman–Crippen MR) is 265 cm³/mol. The van der Waals surface area contributed by atoms with Gasteiger partial charge in [-0.05, 0) is 138 Å². The van der Waals surface area contributed by atoms with Crippen molar-refractivity contribution in [2.24, 2.45) is 11.8 Å². The Morgan fingerprint density at radius 3 is 1.25 bits per heavy atom. The van der Waals surface area contributed by atoms with Crippen LogP contribution in [0.25, 0.3) is 0 Å². The number of carbonyl (C=O) groups excluding carboxylic acids is 6. The highest BCUT2D eigenvalue weighted by molar-refractivity contribution is 5.95. The summed E-state index contributed by atoms with van der Waals surface area (Å²) < 4.78 is 0. The highest BCUT2D eigenvalue weighted by atomic mass is 16.2. The lowest BCUT2D eigenvalue weighted by Crippen LogP contribution is -2.57. The monoisotopic (exact) mass is 939 g/mol. The van der Waals surface area contributed by atoms with Crippen LogP contribution in [0.5, 0.6) is 0 Å². The van der Waals surface area contributed by atoms with Gasteiger partial charge >= 0.3 is 0 Å². The third-order valence-electron chi connectivity index (χ3n) is 15.3. The van der Waals surface area contributed by atoms with E-state index in [0.717, 1.165) is 88.7 Å². The van der Waals surface area contributed by atoms with Crippen LogP contribution in [0.15, 0.2) is 36.4 Å². The van der Waals surface area contributed by atoms with Gasteiger partial charge in [0, 0.05) is 50.6 Å². The van der Waals surface area contributed by atoms with Crippen molar-refractivity contribution in [2.75, 3.05) is 63.2 Å². The van der Waals surface area contributed by atoms with Crippen LogP contribution in [-0.4, -0.2) is 135 Å². The van der Waals surface area contributed by atoms with Crippen molar-refractivity contribution in [1.82, 2.24) is 41.7 Å². The number of nitrogens with one attached hydrogen (secondary N) is 6. The van der Waals surface area contributed by atoms with E-state index in [2.05, 4.69) is 78.1 Å². The maximum atomic E-state index is 14.1. The lowest BCUT2D eigenvalue weighted by Gasteiger charge is -2.41. The molecule has 5 aliphatic rings. The van der Waals surface area contributed by atoms with Gasteiger partial charge in [-0.25, -0.2) is 0 Å². The zero-order chi connectivity index (χ0) is 48.8. The summed E-state index contributed by atoms with van der Waals surface area (Å²) in [5, 5.41) is 18.5. The zero-order valence-electron chi connectivity index (χ0n) is 41.8. The Kier molecular flexibility index (Phi) is 16.7. The molecule has 2 aromatic rings. The van der Waals surface area contributed by atoms with E-state index in [-0.39, 0.29) is 59.4 Å². The molecule has 0 bridgehead atoms. The number of carbonyl (C=O) groups is 6. The van der Waals surface area contributed by atoms with Gasteiger partial charge in [-0.3, -0.25) is 28.8 Å². The molecule has 16 nitrogen and oxygen atoms in total. The molecule has 3 fully saturated rings. The minimum absolute atomic E-state index is 0.133. The second-order valence-electron chi connectivity index (χ2n) is 20.4. The molecular weight excluding hydrogens is 861 g/mol. The second-order valence-corrected chi connectivity index (χ2v) is 20.4. The Morgan fingerprint density at radius 1 is 0.515 bits per heavy atom. The van der Waals surface area contributed by atoms with E-state index < -0.39 is 36.3 Å². The molecule has 2 aliphatic carbocycles. The van der Waals surface area contributed by atoms with Crippen molar-refractivity contribution >= 4 is 46.8 Å². The van der Waals surface area contributed by atoms with Crippen LogP contribution in [0.2, 0.25) is 0 Å². The summed E-state index contributed by atoms with van der Waals surface area (Å²) in [4.78, 5) is 89.8. The predicted octanol–water partition coefficient (Wildman–Crippen LogP) is 3.48.